The largest absolute Gasteiger partial charge is 0.452 e. The maximum absolute atomic E-state index is 11.2. The second kappa shape index (κ2) is 5.01. The van der Waals surface area contributed by atoms with Gasteiger partial charge in [-0.2, -0.15) is 0 Å². The number of amides is 1. The van der Waals surface area contributed by atoms with E-state index in [1.807, 2.05) is 0 Å². The number of amidine groups is 1. The van der Waals surface area contributed by atoms with Crippen LogP contribution in [-0.4, -0.2) is 31.3 Å². The first kappa shape index (κ1) is 11.8. The Bertz CT molecular complexity index is 400. The topological polar surface area (TPSA) is 88.2 Å². The first-order valence-corrected chi connectivity index (χ1v) is 4.49. The van der Waals surface area contributed by atoms with Gasteiger partial charge < -0.3 is 15.7 Å². The summed E-state index contributed by atoms with van der Waals surface area (Å²) >= 11 is 0. The standard InChI is InChI=1S/C10H13N3O3/c1-13(10(14)16-2)8-5-3-7(4-6-8)9(11)12-15/h3-6,15H,1-2H3,(H2,11,12). The van der Waals surface area contributed by atoms with Gasteiger partial charge in [0.25, 0.3) is 0 Å². The zero-order chi connectivity index (χ0) is 12.1. The van der Waals surface area contributed by atoms with Gasteiger partial charge in [0, 0.05) is 18.3 Å². The second-order valence-electron chi connectivity index (χ2n) is 3.06. The molecule has 1 rings (SSSR count). The molecule has 0 aliphatic rings. The number of hydrogen-bond acceptors (Lipinski definition) is 4. The lowest BCUT2D eigenvalue weighted by Gasteiger charge is -2.15. The van der Waals surface area contributed by atoms with Gasteiger partial charge in [-0.05, 0) is 24.3 Å². The summed E-state index contributed by atoms with van der Waals surface area (Å²) in [7, 11) is 2.90. The summed E-state index contributed by atoms with van der Waals surface area (Å²) in [5.41, 5.74) is 6.63. The molecule has 0 unspecified atom stereocenters. The molecule has 0 aromatic heterocycles. The highest BCUT2D eigenvalue weighted by Gasteiger charge is 2.10. The average Bonchev–Trinajstić information content (AvgIpc) is 2.36. The Kier molecular flexibility index (Phi) is 3.71. The molecule has 0 saturated heterocycles. The van der Waals surface area contributed by atoms with Crippen molar-refractivity contribution in [3.05, 3.63) is 29.8 Å². The first-order valence-electron chi connectivity index (χ1n) is 4.49. The zero-order valence-corrected chi connectivity index (χ0v) is 9.04. The number of carbonyl (C=O) groups is 1. The molecular formula is C10H13N3O3. The predicted molar refractivity (Wildman–Crippen MR) is 59.8 cm³/mol. The third-order valence-electron chi connectivity index (χ3n) is 2.11. The number of rotatable bonds is 2. The van der Waals surface area contributed by atoms with Gasteiger partial charge in [-0.15, -0.1) is 0 Å². The van der Waals surface area contributed by atoms with E-state index in [1.54, 1.807) is 31.3 Å². The molecule has 1 amide bonds. The Morgan fingerprint density at radius 1 is 1.44 bits per heavy atom. The summed E-state index contributed by atoms with van der Waals surface area (Å²) in [5, 5.41) is 11.3. The van der Waals surface area contributed by atoms with Crippen LogP contribution in [0.2, 0.25) is 0 Å². The van der Waals surface area contributed by atoms with Crippen molar-refractivity contribution in [1.29, 1.82) is 0 Å². The minimum Gasteiger partial charge on any atom is -0.452 e. The number of nitrogens with zero attached hydrogens (tertiary/aromatic N) is 2. The molecule has 3 N–H and O–H groups in total. The van der Waals surface area contributed by atoms with Crippen LogP contribution in [0, 0.1) is 0 Å². The van der Waals surface area contributed by atoms with E-state index in [9.17, 15) is 4.79 Å². The molecule has 16 heavy (non-hydrogen) atoms. The molecule has 0 atom stereocenters. The first-order chi connectivity index (χ1) is 7.60. The molecule has 1 aromatic carbocycles. The van der Waals surface area contributed by atoms with Crippen molar-refractivity contribution >= 4 is 17.6 Å². The Balaban J connectivity index is 2.91. The fourth-order valence-corrected chi connectivity index (χ4v) is 1.16. The van der Waals surface area contributed by atoms with Gasteiger partial charge in [-0.1, -0.05) is 5.16 Å². The van der Waals surface area contributed by atoms with Crippen molar-refractivity contribution in [2.24, 2.45) is 10.9 Å². The van der Waals surface area contributed by atoms with E-state index in [4.69, 9.17) is 10.9 Å². The van der Waals surface area contributed by atoms with Crippen molar-refractivity contribution in [2.45, 2.75) is 0 Å². The number of hydrogen-bond donors (Lipinski definition) is 2. The van der Waals surface area contributed by atoms with Crippen LogP contribution in [0.25, 0.3) is 0 Å². The van der Waals surface area contributed by atoms with Crippen molar-refractivity contribution < 1.29 is 14.7 Å². The van der Waals surface area contributed by atoms with Crippen LogP contribution in [0.4, 0.5) is 10.5 Å². The molecule has 0 bridgehead atoms. The maximum Gasteiger partial charge on any atom is 0.413 e. The number of benzene rings is 1. The van der Waals surface area contributed by atoms with Gasteiger partial charge in [0.2, 0.25) is 0 Å². The molecule has 0 fully saturated rings. The summed E-state index contributed by atoms with van der Waals surface area (Å²) in [5.74, 6) is 0.0206. The lowest BCUT2D eigenvalue weighted by molar-refractivity contribution is 0.180. The number of nitrogens with two attached hydrogens (primary N) is 1. The Labute approximate surface area is 92.9 Å². The summed E-state index contributed by atoms with van der Waals surface area (Å²) in [6, 6.07) is 6.63. The van der Waals surface area contributed by atoms with Crippen LogP contribution >= 0.6 is 0 Å². The maximum atomic E-state index is 11.2. The fraction of sp³-hybridized carbons (Fsp3) is 0.200. The smallest absolute Gasteiger partial charge is 0.413 e. The molecule has 0 spiro atoms. The molecule has 0 aliphatic heterocycles. The Morgan fingerprint density at radius 3 is 2.44 bits per heavy atom. The number of carbonyl (C=O) groups excluding carboxylic acids is 1. The molecule has 0 saturated carbocycles. The van der Waals surface area contributed by atoms with Gasteiger partial charge >= 0.3 is 6.09 Å². The monoisotopic (exact) mass is 223 g/mol. The van der Waals surface area contributed by atoms with E-state index in [1.165, 1.54) is 12.0 Å². The average molecular weight is 223 g/mol. The van der Waals surface area contributed by atoms with E-state index in [0.29, 0.717) is 11.3 Å². The third kappa shape index (κ3) is 2.41. The molecule has 0 aliphatic carbocycles. The molecule has 6 heteroatoms. The fourth-order valence-electron chi connectivity index (χ4n) is 1.16. The quantitative estimate of drug-likeness (QED) is 0.338. The Morgan fingerprint density at radius 2 is 2.00 bits per heavy atom. The SMILES string of the molecule is COC(=O)N(C)c1ccc(C(N)=NO)cc1. The Hall–Kier alpha value is -2.24. The second-order valence-corrected chi connectivity index (χ2v) is 3.06. The van der Waals surface area contributed by atoms with Crippen LogP contribution in [0.3, 0.4) is 0 Å². The minimum absolute atomic E-state index is 0.0206. The van der Waals surface area contributed by atoms with Crippen LogP contribution in [0.15, 0.2) is 29.4 Å². The number of ether oxygens (including phenoxy) is 1. The van der Waals surface area contributed by atoms with Gasteiger partial charge in [0.1, 0.15) is 0 Å². The van der Waals surface area contributed by atoms with Gasteiger partial charge in [-0.25, -0.2) is 4.79 Å². The molecule has 0 heterocycles. The summed E-state index contributed by atoms with van der Waals surface area (Å²) in [4.78, 5) is 12.5. The molecular weight excluding hydrogens is 210 g/mol. The van der Waals surface area contributed by atoms with Gasteiger partial charge in [-0.3, -0.25) is 4.90 Å². The molecule has 86 valence electrons. The highest BCUT2D eigenvalue weighted by Crippen LogP contribution is 2.14. The predicted octanol–water partition coefficient (Wildman–Crippen LogP) is 0.984. The van der Waals surface area contributed by atoms with E-state index in [0.717, 1.165) is 0 Å². The summed E-state index contributed by atoms with van der Waals surface area (Å²) < 4.78 is 4.56. The molecule has 6 nitrogen and oxygen atoms in total. The summed E-state index contributed by atoms with van der Waals surface area (Å²) in [6.07, 6.45) is -0.462. The third-order valence-corrected chi connectivity index (χ3v) is 2.11. The minimum atomic E-state index is -0.462. The van der Waals surface area contributed by atoms with Crippen LogP contribution < -0.4 is 10.6 Å². The van der Waals surface area contributed by atoms with Gasteiger partial charge in [0.05, 0.1) is 7.11 Å². The van der Waals surface area contributed by atoms with E-state index in [-0.39, 0.29) is 5.84 Å². The van der Waals surface area contributed by atoms with E-state index in [2.05, 4.69) is 9.89 Å². The van der Waals surface area contributed by atoms with Crippen molar-refractivity contribution in [3.63, 3.8) is 0 Å². The highest BCUT2D eigenvalue weighted by molar-refractivity contribution is 5.97. The van der Waals surface area contributed by atoms with Crippen LogP contribution in [0.5, 0.6) is 0 Å². The lowest BCUT2D eigenvalue weighted by Crippen LogP contribution is -2.25. The van der Waals surface area contributed by atoms with Crippen molar-refractivity contribution in [1.82, 2.24) is 0 Å². The number of anilines is 1. The van der Waals surface area contributed by atoms with Crippen LogP contribution in [0.1, 0.15) is 5.56 Å². The molecule has 0 radical (unpaired) electrons. The van der Waals surface area contributed by atoms with Crippen molar-refractivity contribution in [3.8, 4) is 0 Å². The number of oxime groups is 1. The zero-order valence-electron chi connectivity index (χ0n) is 9.04. The molecule has 1 aromatic rings. The number of methoxy groups -OCH3 is 1. The van der Waals surface area contributed by atoms with Gasteiger partial charge in [0.15, 0.2) is 5.84 Å². The van der Waals surface area contributed by atoms with Crippen LogP contribution in [-0.2, 0) is 4.74 Å². The lowest BCUT2D eigenvalue weighted by atomic mass is 10.2. The van der Waals surface area contributed by atoms with Crippen molar-refractivity contribution in [2.75, 3.05) is 19.1 Å². The van der Waals surface area contributed by atoms with E-state index >= 15 is 0 Å². The van der Waals surface area contributed by atoms with E-state index < -0.39 is 6.09 Å². The normalized spacial score (nSPS) is 11.0. The summed E-state index contributed by atoms with van der Waals surface area (Å²) in [6.45, 7) is 0. The highest BCUT2D eigenvalue weighted by atomic mass is 16.5.